The van der Waals surface area contributed by atoms with E-state index in [2.05, 4.69) is 44.7 Å². The van der Waals surface area contributed by atoms with Crippen LogP contribution < -0.4 is 10.0 Å². The molecule has 0 bridgehead atoms. The predicted octanol–water partition coefficient (Wildman–Crippen LogP) is 1.58. The number of nitrogens with zero attached hydrogens (tertiary/aromatic N) is 1. The molecule has 0 atom stereocenters. The molecule has 0 spiro atoms. The van der Waals surface area contributed by atoms with Gasteiger partial charge in [-0.1, -0.05) is 35.8 Å². The molecule has 1 aromatic rings. The van der Waals surface area contributed by atoms with E-state index in [0.29, 0.717) is 11.0 Å². The summed E-state index contributed by atoms with van der Waals surface area (Å²) in [5.41, 5.74) is 0. The quantitative estimate of drug-likeness (QED) is 0.619. The summed E-state index contributed by atoms with van der Waals surface area (Å²) in [4.78, 5) is 14.1. The Morgan fingerprint density at radius 1 is 1.22 bits per heavy atom. The molecule has 1 amide bonds. The van der Waals surface area contributed by atoms with Crippen LogP contribution in [0.3, 0.4) is 0 Å². The van der Waals surface area contributed by atoms with Gasteiger partial charge >= 0.3 is 0 Å². The number of carbonyl (C=O) groups is 1. The number of amides is 1. The minimum atomic E-state index is -3.59. The van der Waals surface area contributed by atoms with Crippen molar-refractivity contribution in [3.8, 4) is 0 Å². The van der Waals surface area contributed by atoms with Crippen molar-refractivity contribution in [1.29, 1.82) is 0 Å². The molecule has 0 saturated carbocycles. The molecule has 2 N–H and O–H groups in total. The minimum absolute atomic E-state index is 0.0753. The molecule has 130 valence electrons. The van der Waals surface area contributed by atoms with E-state index < -0.39 is 10.0 Å². The Hall–Kier alpha value is -0.960. The van der Waals surface area contributed by atoms with Gasteiger partial charge in [0.1, 0.15) is 0 Å². The highest BCUT2D eigenvalue weighted by atomic mass is 79.9. The molecule has 0 radical (unpaired) electrons. The third-order valence-electron chi connectivity index (χ3n) is 3.40. The maximum absolute atomic E-state index is 12.1. The Kier molecular flexibility index (Phi) is 8.75. The second-order valence-electron chi connectivity index (χ2n) is 4.98. The average molecular weight is 406 g/mol. The number of sulfonamides is 1. The molecule has 8 heteroatoms. The molecular formula is C15H24BrN3O3S. The molecular weight excluding hydrogens is 382 g/mol. The minimum Gasteiger partial charge on any atom is -0.355 e. The fraction of sp³-hybridized carbons (Fsp3) is 0.533. The zero-order valence-corrected chi connectivity index (χ0v) is 15.9. The fourth-order valence-electron chi connectivity index (χ4n) is 2.00. The summed E-state index contributed by atoms with van der Waals surface area (Å²) < 4.78 is 27.3. The van der Waals surface area contributed by atoms with Crippen LogP contribution in [0.4, 0.5) is 0 Å². The van der Waals surface area contributed by atoms with Gasteiger partial charge in [0.15, 0.2) is 0 Å². The summed E-state index contributed by atoms with van der Waals surface area (Å²) in [5, 5.41) is 2.79. The van der Waals surface area contributed by atoms with Crippen LogP contribution in [0.2, 0.25) is 0 Å². The Balaban J connectivity index is 2.34. The maximum Gasteiger partial charge on any atom is 0.240 e. The number of hydrogen-bond donors (Lipinski definition) is 2. The van der Waals surface area contributed by atoms with Gasteiger partial charge in [0.25, 0.3) is 0 Å². The number of rotatable bonds is 10. The number of benzene rings is 1. The summed E-state index contributed by atoms with van der Waals surface area (Å²) in [5.74, 6) is -0.158. The smallest absolute Gasteiger partial charge is 0.240 e. The molecule has 1 aromatic carbocycles. The lowest BCUT2D eigenvalue weighted by Crippen LogP contribution is -2.36. The van der Waals surface area contributed by atoms with E-state index in [4.69, 9.17) is 0 Å². The SMILES string of the molecule is CCN(CC)CCNC(=O)CCNS(=O)(=O)c1cccc(Br)c1. The van der Waals surface area contributed by atoms with Crippen LogP contribution in [0.1, 0.15) is 20.3 Å². The molecule has 0 saturated heterocycles. The van der Waals surface area contributed by atoms with Crippen molar-refractivity contribution < 1.29 is 13.2 Å². The number of carbonyl (C=O) groups excluding carboxylic acids is 1. The predicted molar refractivity (Wildman–Crippen MR) is 94.7 cm³/mol. The molecule has 23 heavy (non-hydrogen) atoms. The summed E-state index contributed by atoms with van der Waals surface area (Å²) in [6, 6.07) is 6.44. The highest BCUT2D eigenvalue weighted by Gasteiger charge is 2.14. The van der Waals surface area contributed by atoms with Crippen molar-refractivity contribution in [2.24, 2.45) is 0 Å². The topological polar surface area (TPSA) is 78.5 Å². The molecule has 0 aliphatic rings. The van der Waals surface area contributed by atoms with Gasteiger partial charge in [-0.3, -0.25) is 4.79 Å². The third kappa shape index (κ3) is 7.43. The van der Waals surface area contributed by atoms with Crippen LogP contribution in [-0.4, -0.2) is 51.9 Å². The molecule has 0 fully saturated rings. The molecule has 0 unspecified atom stereocenters. The standard InChI is InChI=1S/C15H24BrN3O3S/c1-3-19(4-2)11-10-17-15(20)8-9-18-23(21,22)14-7-5-6-13(16)12-14/h5-7,12,18H,3-4,8-11H2,1-2H3,(H,17,20). The van der Waals surface area contributed by atoms with Crippen molar-refractivity contribution >= 4 is 31.9 Å². The number of hydrogen-bond acceptors (Lipinski definition) is 4. The van der Waals surface area contributed by atoms with Crippen LogP contribution in [0.25, 0.3) is 0 Å². The van der Waals surface area contributed by atoms with E-state index in [1.807, 2.05) is 0 Å². The van der Waals surface area contributed by atoms with Gasteiger partial charge in [-0.2, -0.15) is 0 Å². The second-order valence-corrected chi connectivity index (χ2v) is 7.66. The van der Waals surface area contributed by atoms with Gasteiger partial charge in [0.2, 0.25) is 15.9 Å². The number of nitrogens with one attached hydrogen (secondary N) is 2. The molecule has 0 aromatic heterocycles. The molecule has 1 rings (SSSR count). The van der Waals surface area contributed by atoms with E-state index in [9.17, 15) is 13.2 Å². The van der Waals surface area contributed by atoms with Crippen LogP contribution in [-0.2, 0) is 14.8 Å². The van der Waals surface area contributed by atoms with Gasteiger partial charge in [-0.25, -0.2) is 13.1 Å². The second kappa shape index (κ2) is 10.0. The summed E-state index contributed by atoms with van der Waals surface area (Å²) >= 11 is 3.24. The third-order valence-corrected chi connectivity index (χ3v) is 5.35. The largest absolute Gasteiger partial charge is 0.355 e. The van der Waals surface area contributed by atoms with Gasteiger partial charge in [-0.15, -0.1) is 0 Å². The highest BCUT2D eigenvalue weighted by molar-refractivity contribution is 9.10. The van der Waals surface area contributed by atoms with Crippen LogP contribution in [0.15, 0.2) is 33.6 Å². The molecule has 6 nitrogen and oxygen atoms in total. The van der Waals surface area contributed by atoms with Crippen molar-refractivity contribution in [2.45, 2.75) is 25.2 Å². The van der Waals surface area contributed by atoms with E-state index in [1.54, 1.807) is 12.1 Å². The highest BCUT2D eigenvalue weighted by Crippen LogP contribution is 2.15. The molecule has 0 aliphatic carbocycles. The first-order valence-electron chi connectivity index (χ1n) is 7.63. The first-order valence-corrected chi connectivity index (χ1v) is 9.91. The van der Waals surface area contributed by atoms with E-state index in [0.717, 1.165) is 19.6 Å². The van der Waals surface area contributed by atoms with E-state index >= 15 is 0 Å². The van der Waals surface area contributed by atoms with Gasteiger partial charge < -0.3 is 10.2 Å². The van der Waals surface area contributed by atoms with E-state index in [-0.39, 0.29) is 23.8 Å². The Morgan fingerprint density at radius 2 is 1.91 bits per heavy atom. The maximum atomic E-state index is 12.1. The Bertz CT molecular complexity index is 604. The summed E-state index contributed by atoms with van der Waals surface area (Å²) in [6.07, 6.45) is 0.117. The lowest BCUT2D eigenvalue weighted by atomic mass is 10.4. The molecule has 0 aliphatic heterocycles. The van der Waals surface area contributed by atoms with Crippen molar-refractivity contribution in [3.05, 3.63) is 28.7 Å². The first-order chi connectivity index (χ1) is 10.9. The first kappa shape index (κ1) is 20.1. The van der Waals surface area contributed by atoms with Gasteiger partial charge in [-0.05, 0) is 31.3 Å². The molecule has 0 heterocycles. The van der Waals surface area contributed by atoms with Crippen molar-refractivity contribution in [1.82, 2.24) is 14.9 Å². The number of halogens is 1. The van der Waals surface area contributed by atoms with Crippen molar-refractivity contribution in [2.75, 3.05) is 32.7 Å². The summed E-state index contributed by atoms with van der Waals surface area (Å²) in [6.45, 7) is 7.47. The lowest BCUT2D eigenvalue weighted by Gasteiger charge is -2.17. The van der Waals surface area contributed by atoms with E-state index in [1.165, 1.54) is 12.1 Å². The van der Waals surface area contributed by atoms with Crippen LogP contribution in [0.5, 0.6) is 0 Å². The Labute approximate surface area is 146 Å². The summed E-state index contributed by atoms with van der Waals surface area (Å²) in [7, 11) is -3.59. The lowest BCUT2D eigenvalue weighted by molar-refractivity contribution is -0.120. The Morgan fingerprint density at radius 3 is 2.52 bits per heavy atom. The average Bonchev–Trinajstić information content (AvgIpc) is 2.51. The fourth-order valence-corrected chi connectivity index (χ4v) is 3.63. The number of likely N-dealkylation sites (N-methyl/N-ethyl adjacent to an activating group) is 1. The van der Waals surface area contributed by atoms with Gasteiger partial charge in [0.05, 0.1) is 4.90 Å². The monoisotopic (exact) mass is 405 g/mol. The van der Waals surface area contributed by atoms with Crippen molar-refractivity contribution in [3.63, 3.8) is 0 Å². The van der Waals surface area contributed by atoms with Gasteiger partial charge in [0, 0.05) is 30.5 Å². The normalized spacial score (nSPS) is 11.7. The van der Waals surface area contributed by atoms with Crippen LogP contribution in [0, 0.1) is 0 Å². The zero-order chi connectivity index (χ0) is 17.3. The van der Waals surface area contributed by atoms with Crippen LogP contribution >= 0.6 is 15.9 Å². The zero-order valence-electron chi connectivity index (χ0n) is 13.5.